The highest BCUT2D eigenvalue weighted by Crippen LogP contribution is 2.18. The monoisotopic (exact) mass is 427 g/mol. The molecule has 0 unspecified atom stereocenters. The molecule has 4 aromatic rings. The lowest BCUT2D eigenvalue weighted by atomic mass is 10.2. The zero-order chi connectivity index (χ0) is 21.6. The van der Waals surface area contributed by atoms with Crippen LogP contribution in [0.25, 0.3) is 16.7 Å². The van der Waals surface area contributed by atoms with Gasteiger partial charge in [-0.15, -0.1) is 0 Å². The number of piperazine rings is 1. The van der Waals surface area contributed by atoms with Crippen molar-refractivity contribution < 1.29 is 0 Å². The van der Waals surface area contributed by atoms with Crippen molar-refractivity contribution in [2.45, 2.75) is 13.0 Å². The van der Waals surface area contributed by atoms with Crippen molar-refractivity contribution >= 4 is 17.0 Å². The van der Waals surface area contributed by atoms with E-state index in [-0.39, 0.29) is 0 Å². The number of nitrogens with one attached hydrogen (secondary N) is 1. The first-order valence-corrected chi connectivity index (χ1v) is 11.3. The Labute approximate surface area is 188 Å². The van der Waals surface area contributed by atoms with E-state index >= 15 is 0 Å². The van der Waals surface area contributed by atoms with Crippen LogP contribution in [0.3, 0.4) is 0 Å². The van der Waals surface area contributed by atoms with Gasteiger partial charge in [-0.2, -0.15) is 0 Å². The number of rotatable bonds is 8. The van der Waals surface area contributed by atoms with E-state index in [1.54, 1.807) is 0 Å². The summed E-state index contributed by atoms with van der Waals surface area (Å²) in [4.78, 5) is 18.0. The molecule has 164 valence electrons. The van der Waals surface area contributed by atoms with E-state index in [1.807, 2.05) is 36.9 Å². The third kappa shape index (κ3) is 4.79. The molecular formula is C25H29N7. The molecule has 32 heavy (non-hydrogen) atoms. The van der Waals surface area contributed by atoms with Crippen LogP contribution in [0.4, 0.5) is 5.95 Å². The second-order valence-electron chi connectivity index (χ2n) is 8.18. The lowest BCUT2D eigenvalue weighted by Crippen LogP contribution is -2.47. The lowest BCUT2D eigenvalue weighted by Gasteiger charge is -2.34. The third-order valence-electron chi connectivity index (χ3n) is 6.03. The average Bonchev–Trinajstić information content (AvgIpc) is 3.29. The summed E-state index contributed by atoms with van der Waals surface area (Å²) in [5.74, 6) is 0.848. The van der Waals surface area contributed by atoms with Crippen molar-refractivity contribution in [3.8, 4) is 5.69 Å². The van der Waals surface area contributed by atoms with E-state index in [2.05, 4.69) is 71.0 Å². The van der Waals surface area contributed by atoms with Crippen LogP contribution in [0.15, 0.2) is 73.3 Å². The maximum absolute atomic E-state index is 4.48. The number of hydrogen-bond acceptors (Lipinski definition) is 6. The van der Waals surface area contributed by atoms with Crippen LogP contribution in [-0.2, 0) is 6.54 Å². The lowest BCUT2D eigenvalue weighted by molar-refractivity contribution is 0.253. The standard InChI is InChI=1S/C25H29N7/c1-2-6-24-23(5-1)29-20-32(24)22-9-7-21(8-10-22)19-26-11-4-14-30-15-17-31(18-16-30)25-27-12-3-13-28-25/h1-3,5-10,12-13,20,26H,4,11,14-19H2. The smallest absolute Gasteiger partial charge is 0.225 e. The van der Waals surface area contributed by atoms with Crippen LogP contribution >= 0.6 is 0 Å². The first-order chi connectivity index (χ1) is 15.9. The molecule has 0 atom stereocenters. The summed E-state index contributed by atoms with van der Waals surface area (Å²) < 4.78 is 2.14. The summed E-state index contributed by atoms with van der Waals surface area (Å²) in [5, 5.41) is 3.58. The first-order valence-electron chi connectivity index (χ1n) is 11.3. The molecule has 0 amide bonds. The number of hydrogen-bond donors (Lipinski definition) is 1. The van der Waals surface area contributed by atoms with Gasteiger partial charge >= 0.3 is 0 Å². The molecule has 1 aliphatic heterocycles. The van der Waals surface area contributed by atoms with Crippen molar-refractivity contribution in [2.24, 2.45) is 0 Å². The average molecular weight is 428 g/mol. The van der Waals surface area contributed by atoms with Gasteiger partial charge in [-0.05, 0) is 55.4 Å². The molecule has 5 rings (SSSR count). The molecule has 1 fully saturated rings. The van der Waals surface area contributed by atoms with Crippen LogP contribution in [0.1, 0.15) is 12.0 Å². The number of aromatic nitrogens is 4. The van der Waals surface area contributed by atoms with Gasteiger partial charge < -0.3 is 10.2 Å². The SMILES string of the molecule is c1cnc(N2CCN(CCCNCc3ccc(-n4cnc5ccccc54)cc3)CC2)nc1. The van der Waals surface area contributed by atoms with E-state index in [0.717, 1.165) is 74.9 Å². The highest BCUT2D eigenvalue weighted by Gasteiger charge is 2.18. The highest BCUT2D eigenvalue weighted by atomic mass is 15.3. The largest absolute Gasteiger partial charge is 0.338 e. The summed E-state index contributed by atoms with van der Waals surface area (Å²) in [7, 11) is 0. The predicted molar refractivity (Wildman–Crippen MR) is 128 cm³/mol. The molecule has 0 bridgehead atoms. The predicted octanol–water partition coefficient (Wildman–Crippen LogP) is 3.12. The van der Waals surface area contributed by atoms with Gasteiger partial charge in [0.05, 0.1) is 11.0 Å². The van der Waals surface area contributed by atoms with Crippen molar-refractivity contribution in [2.75, 3.05) is 44.2 Å². The molecule has 0 radical (unpaired) electrons. The maximum Gasteiger partial charge on any atom is 0.225 e. The molecule has 7 nitrogen and oxygen atoms in total. The van der Waals surface area contributed by atoms with Gasteiger partial charge in [-0.1, -0.05) is 24.3 Å². The van der Waals surface area contributed by atoms with Crippen molar-refractivity contribution in [3.63, 3.8) is 0 Å². The van der Waals surface area contributed by atoms with Crippen molar-refractivity contribution in [1.82, 2.24) is 29.7 Å². The molecule has 2 aromatic heterocycles. The highest BCUT2D eigenvalue weighted by molar-refractivity contribution is 5.77. The Morgan fingerprint density at radius 3 is 2.41 bits per heavy atom. The Kier molecular flexibility index (Phi) is 6.37. The Hall–Kier alpha value is -3.29. The summed E-state index contributed by atoms with van der Waals surface area (Å²) in [6.45, 7) is 7.18. The van der Waals surface area contributed by atoms with E-state index in [9.17, 15) is 0 Å². The molecule has 0 spiro atoms. The molecule has 1 aliphatic rings. The van der Waals surface area contributed by atoms with Gasteiger partial charge in [0, 0.05) is 50.8 Å². The molecule has 0 aliphatic carbocycles. The first kappa shape index (κ1) is 20.6. The summed E-state index contributed by atoms with van der Waals surface area (Å²) in [6.07, 6.45) is 6.67. The maximum atomic E-state index is 4.48. The van der Waals surface area contributed by atoms with E-state index in [4.69, 9.17) is 0 Å². The fraction of sp³-hybridized carbons (Fsp3) is 0.320. The summed E-state index contributed by atoms with van der Waals surface area (Å²) >= 11 is 0. The van der Waals surface area contributed by atoms with Crippen LogP contribution in [0.5, 0.6) is 0 Å². The van der Waals surface area contributed by atoms with Crippen molar-refractivity contribution in [3.05, 3.63) is 78.9 Å². The van der Waals surface area contributed by atoms with Gasteiger partial charge in [-0.3, -0.25) is 9.47 Å². The quantitative estimate of drug-likeness (QED) is 0.436. The van der Waals surface area contributed by atoms with E-state index in [1.165, 1.54) is 5.56 Å². The molecule has 2 aromatic carbocycles. The normalized spacial score (nSPS) is 14.8. The van der Waals surface area contributed by atoms with Gasteiger partial charge in [0.25, 0.3) is 0 Å². The Morgan fingerprint density at radius 2 is 1.59 bits per heavy atom. The molecular weight excluding hydrogens is 398 g/mol. The number of anilines is 1. The minimum atomic E-state index is 0.848. The Morgan fingerprint density at radius 1 is 0.812 bits per heavy atom. The van der Waals surface area contributed by atoms with E-state index < -0.39 is 0 Å². The van der Waals surface area contributed by atoms with E-state index in [0.29, 0.717) is 0 Å². The second kappa shape index (κ2) is 9.89. The second-order valence-corrected chi connectivity index (χ2v) is 8.18. The zero-order valence-corrected chi connectivity index (χ0v) is 18.3. The topological polar surface area (TPSA) is 62.1 Å². The summed E-state index contributed by atoms with van der Waals surface area (Å²) in [5.41, 5.74) is 4.60. The van der Waals surface area contributed by atoms with Crippen molar-refractivity contribution in [1.29, 1.82) is 0 Å². The minimum Gasteiger partial charge on any atom is -0.338 e. The van der Waals surface area contributed by atoms with Crippen LogP contribution in [-0.4, -0.2) is 63.7 Å². The number of nitrogens with zero attached hydrogens (tertiary/aromatic N) is 6. The minimum absolute atomic E-state index is 0.848. The van der Waals surface area contributed by atoms with Gasteiger partial charge in [0.1, 0.15) is 6.33 Å². The van der Waals surface area contributed by atoms with Crippen LogP contribution in [0, 0.1) is 0 Å². The molecule has 7 heteroatoms. The number of imidazole rings is 1. The summed E-state index contributed by atoms with van der Waals surface area (Å²) in [6, 6.07) is 18.8. The number of benzene rings is 2. The third-order valence-corrected chi connectivity index (χ3v) is 6.03. The van der Waals surface area contributed by atoms with Gasteiger partial charge in [-0.25, -0.2) is 15.0 Å². The van der Waals surface area contributed by atoms with Crippen LogP contribution < -0.4 is 10.2 Å². The number of para-hydroxylation sites is 2. The van der Waals surface area contributed by atoms with Gasteiger partial charge in [0.15, 0.2) is 0 Å². The van der Waals surface area contributed by atoms with Crippen LogP contribution in [0.2, 0.25) is 0 Å². The molecule has 3 heterocycles. The fourth-order valence-electron chi connectivity index (χ4n) is 4.23. The Bertz CT molecular complexity index is 1120. The fourth-order valence-corrected chi connectivity index (χ4v) is 4.23. The Balaban J connectivity index is 1.03. The van der Waals surface area contributed by atoms with Gasteiger partial charge in [0.2, 0.25) is 5.95 Å². The number of fused-ring (bicyclic) bond motifs is 1. The molecule has 1 N–H and O–H groups in total. The molecule has 0 saturated carbocycles. The zero-order valence-electron chi connectivity index (χ0n) is 18.3. The molecule has 1 saturated heterocycles.